The summed E-state index contributed by atoms with van der Waals surface area (Å²) in [5, 5.41) is 13.9. The number of rotatable bonds is 7. The number of aliphatic hydroxyl groups excluding tert-OH is 1. The third-order valence-corrected chi connectivity index (χ3v) is 8.65. The maximum Gasteiger partial charge on any atom is 0.258 e. The van der Waals surface area contributed by atoms with Crippen molar-refractivity contribution in [3.63, 3.8) is 0 Å². The first kappa shape index (κ1) is 24.1. The van der Waals surface area contributed by atoms with E-state index in [1.165, 1.54) is 5.56 Å². The van der Waals surface area contributed by atoms with Gasteiger partial charge in [-0.25, -0.2) is 0 Å². The summed E-state index contributed by atoms with van der Waals surface area (Å²) in [4.78, 5) is 33.7. The Balaban J connectivity index is 1.36. The van der Waals surface area contributed by atoms with Crippen LogP contribution in [0.5, 0.6) is 0 Å². The monoisotopic (exact) mass is 498 g/mol. The zero-order chi connectivity index (χ0) is 25.4. The molecule has 3 aliphatic rings. The van der Waals surface area contributed by atoms with Crippen molar-refractivity contribution in [2.75, 3.05) is 13.2 Å². The molecule has 1 saturated heterocycles. The molecule has 2 aliphatic heterocycles. The number of nitrogens with zero attached hydrogens (tertiary/aromatic N) is 3. The number of nitrogens with one attached hydrogen (secondary N) is 1. The summed E-state index contributed by atoms with van der Waals surface area (Å²) in [6.45, 7) is 1.12. The number of carbonyl (C=O) groups excluding carboxylic acids is 1. The quantitative estimate of drug-likeness (QED) is 0.523. The highest BCUT2D eigenvalue weighted by molar-refractivity contribution is 5.83. The van der Waals surface area contributed by atoms with Gasteiger partial charge >= 0.3 is 0 Å². The molecular formula is C30H34N4O3. The molecule has 0 spiro atoms. The van der Waals surface area contributed by atoms with Crippen LogP contribution >= 0.6 is 0 Å². The number of pyridine rings is 2. The Morgan fingerprint density at radius 1 is 1.03 bits per heavy atom. The maximum atomic E-state index is 13.7. The number of carbonyl (C=O) groups is 1. The number of hydrogen-bond acceptors (Lipinski definition) is 5. The van der Waals surface area contributed by atoms with E-state index in [-0.39, 0.29) is 42.0 Å². The minimum Gasteiger partial charge on any atom is -0.396 e. The molecule has 1 aromatic carbocycles. The van der Waals surface area contributed by atoms with Gasteiger partial charge in [-0.3, -0.25) is 19.5 Å². The predicted octanol–water partition coefficient (Wildman–Crippen LogP) is 3.18. The minimum absolute atomic E-state index is 0.000455. The van der Waals surface area contributed by atoms with Crippen molar-refractivity contribution in [2.24, 2.45) is 11.8 Å². The topological polar surface area (TPSA) is 87.5 Å². The average Bonchev–Trinajstić information content (AvgIpc) is 3.64. The minimum atomic E-state index is -0.409. The Kier molecular flexibility index (Phi) is 6.65. The number of fused-ring (bicyclic) bond motifs is 3. The highest BCUT2D eigenvalue weighted by Gasteiger charge is 2.55. The number of hydrogen-bond donors (Lipinski definition) is 2. The highest BCUT2D eigenvalue weighted by atomic mass is 16.3. The van der Waals surface area contributed by atoms with Crippen molar-refractivity contribution in [3.05, 3.63) is 88.6 Å². The molecule has 192 valence electrons. The van der Waals surface area contributed by atoms with Crippen LogP contribution in [0, 0.1) is 11.8 Å². The van der Waals surface area contributed by atoms with Crippen molar-refractivity contribution in [1.29, 1.82) is 0 Å². The van der Waals surface area contributed by atoms with Gasteiger partial charge in [0.25, 0.3) is 5.56 Å². The molecule has 6 rings (SSSR count). The molecule has 7 nitrogen and oxygen atoms in total. The normalized spacial score (nSPS) is 25.2. The van der Waals surface area contributed by atoms with Crippen molar-refractivity contribution in [3.8, 4) is 11.1 Å². The van der Waals surface area contributed by atoms with Crippen molar-refractivity contribution >= 4 is 5.91 Å². The molecule has 7 heteroatoms. The lowest BCUT2D eigenvalue weighted by molar-refractivity contribution is -0.128. The van der Waals surface area contributed by atoms with Crippen LogP contribution in [0.25, 0.3) is 11.1 Å². The molecule has 2 fully saturated rings. The fourth-order valence-electron chi connectivity index (χ4n) is 6.88. The SMILES string of the molecule is O=C(NC1CCCC1)[C@@H]1[C@@H](CO)[C@@H]2Cn3c(ccc(-c4ccncc4)c3=O)[C@@H]2N1CCc1ccccc1. The van der Waals surface area contributed by atoms with E-state index in [0.29, 0.717) is 18.7 Å². The molecule has 0 radical (unpaired) electrons. The molecule has 37 heavy (non-hydrogen) atoms. The number of aliphatic hydroxyl groups is 1. The predicted molar refractivity (Wildman–Crippen MR) is 142 cm³/mol. The van der Waals surface area contributed by atoms with Crippen LogP contribution in [-0.4, -0.2) is 50.7 Å². The summed E-state index contributed by atoms with van der Waals surface area (Å²) >= 11 is 0. The Hall–Kier alpha value is -3.29. The smallest absolute Gasteiger partial charge is 0.258 e. The fourth-order valence-corrected chi connectivity index (χ4v) is 6.88. The van der Waals surface area contributed by atoms with Crippen LogP contribution in [0.4, 0.5) is 0 Å². The number of likely N-dealkylation sites (tertiary alicyclic amines) is 1. The third-order valence-electron chi connectivity index (χ3n) is 8.65. The first-order valence-corrected chi connectivity index (χ1v) is 13.5. The van der Waals surface area contributed by atoms with Gasteiger partial charge in [-0.15, -0.1) is 0 Å². The lowest BCUT2D eigenvalue weighted by Gasteiger charge is -2.31. The van der Waals surface area contributed by atoms with Gasteiger partial charge in [-0.1, -0.05) is 43.2 Å². The largest absolute Gasteiger partial charge is 0.396 e. The number of aromatic nitrogens is 2. The van der Waals surface area contributed by atoms with Crippen LogP contribution in [0.15, 0.2) is 71.8 Å². The van der Waals surface area contributed by atoms with E-state index in [9.17, 15) is 14.7 Å². The molecule has 3 aromatic rings. The number of amides is 1. The van der Waals surface area contributed by atoms with E-state index in [4.69, 9.17) is 0 Å². The summed E-state index contributed by atoms with van der Waals surface area (Å²) in [5.74, 6) is -0.206. The summed E-state index contributed by atoms with van der Waals surface area (Å²) in [6, 6.07) is 17.7. The first-order valence-electron chi connectivity index (χ1n) is 13.5. The molecule has 2 N–H and O–H groups in total. The van der Waals surface area contributed by atoms with Crippen LogP contribution in [0.1, 0.15) is 43.0 Å². The van der Waals surface area contributed by atoms with Crippen molar-refractivity contribution < 1.29 is 9.90 Å². The van der Waals surface area contributed by atoms with Crippen LogP contribution in [0.2, 0.25) is 0 Å². The maximum absolute atomic E-state index is 13.7. The Morgan fingerprint density at radius 2 is 1.78 bits per heavy atom. The van der Waals surface area contributed by atoms with Gasteiger partial charge in [-0.05, 0) is 54.7 Å². The second-order valence-electron chi connectivity index (χ2n) is 10.7. The van der Waals surface area contributed by atoms with Gasteiger partial charge in [0.15, 0.2) is 0 Å². The van der Waals surface area contributed by atoms with E-state index >= 15 is 0 Å². The zero-order valence-corrected chi connectivity index (χ0v) is 21.0. The summed E-state index contributed by atoms with van der Waals surface area (Å²) in [6.07, 6.45) is 8.54. The van der Waals surface area contributed by atoms with Gasteiger partial charge in [0, 0.05) is 61.2 Å². The van der Waals surface area contributed by atoms with Gasteiger partial charge in [0.2, 0.25) is 5.91 Å². The Labute approximate surface area is 217 Å². The first-order chi connectivity index (χ1) is 18.2. The molecule has 1 aliphatic carbocycles. The lowest BCUT2D eigenvalue weighted by atomic mass is 9.88. The molecule has 0 bridgehead atoms. The number of benzene rings is 1. The molecule has 1 saturated carbocycles. The van der Waals surface area contributed by atoms with E-state index < -0.39 is 6.04 Å². The molecule has 0 unspecified atom stereocenters. The lowest BCUT2D eigenvalue weighted by Crippen LogP contribution is -2.51. The van der Waals surface area contributed by atoms with Crippen LogP contribution in [0.3, 0.4) is 0 Å². The van der Waals surface area contributed by atoms with Gasteiger partial charge in [0.05, 0.1) is 12.1 Å². The summed E-state index contributed by atoms with van der Waals surface area (Å²) < 4.78 is 1.87. The van der Waals surface area contributed by atoms with Crippen LogP contribution < -0.4 is 10.9 Å². The highest BCUT2D eigenvalue weighted by Crippen LogP contribution is 2.49. The second-order valence-corrected chi connectivity index (χ2v) is 10.7. The second kappa shape index (κ2) is 10.2. The van der Waals surface area contributed by atoms with E-state index in [1.807, 2.05) is 47.0 Å². The third kappa shape index (κ3) is 4.40. The van der Waals surface area contributed by atoms with Crippen LogP contribution in [-0.2, 0) is 17.8 Å². The standard InChI is InChI=1S/C30H34N4O3/c35-19-25-24-18-34-26(11-10-23(30(34)37)21-12-15-31-16-13-21)27(24)33(17-14-20-6-2-1-3-7-20)28(25)29(36)32-22-8-4-5-9-22/h1-3,6-7,10-13,15-16,22,24-25,27-28,35H,4-5,8-9,14,17-19H2,(H,32,36)/t24-,25-,27+,28-/m0/s1. The fraction of sp³-hybridized carbons (Fsp3) is 0.433. The molecule has 4 atom stereocenters. The average molecular weight is 499 g/mol. The van der Waals surface area contributed by atoms with E-state index in [0.717, 1.165) is 43.4 Å². The molecular weight excluding hydrogens is 464 g/mol. The summed E-state index contributed by atoms with van der Waals surface area (Å²) in [7, 11) is 0. The summed E-state index contributed by atoms with van der Waals surface area (Å²) in [5.41, 5.74) is 3.63. The zero-order valence-electron chi connectivity index (χ0n) is 21.0. The van der Waals surface area contributed by atoms with E-state index in [1.54, 1.807) is 12.4 Å². The molecule has 4 heterocycles. The molecule has 2 aromatic heterocycles. The Bertz CT molecular complexity index is 1300. The van der Waals surface area contributed by atoms with Gasteiger partial charge in [-0.2, -0.15) is 0 Å². The van der Waals surface area contributed by atoms with E-state index in [2.05, 4.69) is 27.3 Å². The van der Waals surface area contributed by atoms with Gasteiger partial charge < -0.3 is 15.0 Å². The van der Waals surface area contributed by atoms with Crippen molar-refractivity contribution in [2.45, 2.75) is 56.8 Å². The Morgan fingerprint density at radius 3 is 2.51 bits per heavy atom. The molecule has 1 amide bonds. The van der Waals surface area contributed by atoms with Crippen molar-refractivity contribution in [1.82, 2.24) is 19.8 Å². The van der Waals surface area contributed by atoms with Gasteiger partial charge in [0.1, 0.15) is 0 Å².